The number of rotatable bonds is 2. The minimum Gasteiger partial charge on any atom is -0.450 e. The fraction of sp³-hybridized carbons (Fsp3) is 0.188. The fourth-order valence-corrected chi connectivity index (χ4v) is 2.38. The number of aryl methyl sites for hydroxylation is 1. The number of hydrogen-bond acceptors (Lipinski definition) is 3. The van der Waals surface area contributed by atoms with E-state index in [1.807, 2.05) is 43.3 Å². The Bertz CT molecular complexity index is 804. The van der Waals surface area contributed by atoms with Crippen molar-refractivity contribution in [3.05, 3.63) is 47.7 Å². The summed E-state index contributed by atoms with van der Waals surface area (Å²) in [5.74, 6) is 0.0333. The first-order valence-electron chi connectivity index (χ1n) is 6.36. The van der Waals surface area contributed by atoms with Crippen molar-refractivity contribution in [2.24, 2.45) is 0 Å². The molecule has 0 saturated heterocycles. The fourth-order valence-electron chi connectivity index (χ4n) is 2.38. The summed E-state index contributed by atoms with van der Waals surface area (Å²) in [6, 6.07) is 12.0. The molecule has 0 spiro atoms. The molecule has 1 aromatic heterocycles. The SMILES string of the molecule is CON(C)C(=O)c1oc2c(ccc3ccccc32)c1C. The minimum atomic E-state index is -0.287. The van der Waals surface area contributed by atoms with Gasteiger partial charge in [-0.15, -0.1) is 0 Å². The molecular weight excluding hydrogens is 254 g/mol. The Kier molecular flexibility index (Phi) is 2.95. The number of nitrogens with zero attached hydrogens (tertiary/aromatic N) is 1. The Labute approximate surface area is 116 Å². The van der Waals surface area contributed by atoms with Crippen LogP contribution >= 0.6 is 0 Å². The van der Waals surface area contributed by atoms with Crippen LogP contribution in [-0.2, 0) is 4.84 Å². The summed E-state index contributed by atoms with van der Waals surface area (Å²) < 4.78 is 5.83. The van der Waals surface area contributed by atoms with E-state index >= 15 is 0 Å². The average molecular weight is 269 g/mol. The molecular formula is C16H15NO3. The number of benzene rings is 2. The molecule has 0 fully saturated rings. The van der Waals surface area contributed by atoms with Gasteiger partial charge in [-0.2, -0.15) is 0 Å². The Morgan fingerprint density at radius 3 is 2.65 bits per heavy atom. The molecule has 1 heterocycles. The predicted octanol–water partition coefficient (Wildman–Crippen LogP) is 3.53. The summed E-state index contributed by atoms with van der Waals surface area (Å²) in [7, 11) is 3.01. The second kappa shape index (κ2) is 4.65. The average Bonchev–Trinajstić information content (AvgIpc) is 2.83. The van der Waals surface area contributed by atoms with E-state index in [0.717, 1.165) is 32.4 Å². The quantitative estimate of drug-likeness (QED) is 0.668. The topological polar surface area (TPSA) is 42.7 Å². The molecule has 3 rings (SSSR count). The van der Waals surface area contributed by atoms with E-state index in [2.05, 4.69) is 0 Å². The van der Waals surface area contributed by atoms with Crippen LogP contribution < -0.4 is 0 Å². The summed E-state index contributed by atoms with van der Waals surface area (Å²) in [4.78, 5) is 17.1. The second-order valence-corrected chi connectivity index (χ2v) is 4.70. The van der Waals surface area contributed by atoms with Crippen molar-refractivity contribution in [3.63, 3.8) is 0 Å². The van der Waals surface area contributed by atoms with Crippen LogP contribution in [0, 0.1) is 6.92 Å². The zero-order valence-electron chi connectivity index (χ0n) is 11.6. The normalized spacial score (nSPS) is 11.2. The van der Waals surface area contributed by atoms with Gasteiger partial charge in [0.1, 0.15) is 5.58 Å². The molecule has 0 radical (unpaired) electrons. The molecule has 20 heavy (non-hydrogen) atoms. The van der Waals surface area contributed by atoms with Crippen LogP contribution in [0.3, 0.4) is 0 Å². The number of furan rings is 1. The molecule has 102 valence electrons. The third kappa shape index (κ3) is 1.77. The molecule has 0 aliphatic heterocycles. The van der Waals surface area contributed by atoms with E-state index in [4.69, 9.17) is 9.25 Å². The molecule has 4 heteroatoms. The van der Waals surface area contributed by atoms with E-state index in [-0.39, 0.29) is 5.91 Å². The Morgan fingerprint density at radius 2 is 1.90 bits per heavy atom. The van der Waals surface area contributed by atoms with Gasteiger partial charge in [-0.1, -0.05) is 36.4 Å². The van der Waals surface area contributed by atoms with Gasteiger partial charge in [0.25, 0.3) is 0 Å². The molecule has 2 aromatic carbocycles. The van der Waals surface area contributed by atoms with Crippen molar-refractivity contribution in [1.29, 1.82) is 0 Å². The van der Waals surface area contributed by atoms with Gasteiger partial charge in [-0.3, -0.25) is 9.63 Å². The van der Waals surface area contributed by atoms with Crippen molar-refractivity contribution in [3.8, 4) is 0 Å². The monoisotopic (exact) mass is 269 g/mol. The van der Waals surface area contributed by atoms with E-state index in [9.17, 15) is 4.79 Å². The minimum absolute atomic E-state index is 0.287. The first-order chi connectivity index (χ1) is 9.63. The highest BCUT2D eigenvalue weighted by Gasteiger charge is 2.21. The zero-order chi connectivity index (χ0) is 14.3. The number of carbonyl (C=O) groups is 1. The first kappa shape index (κ1) is 12.7. The number of hydrogen-bond donors (Lipinski definition) is 0. The molecule has 0 aliphatic rings. The Balaban J connectivity index is 2.29. The number of fused-ring (bicyclic) bond motifs is 3. The van der Waals surface area contributed by atoms with E-state index in [1.54, 1.807) is 7.05 Å². The van der Waals surface area contributed by atoms with Crippen molar-refractivity contribution < 1.29 is 14.0 Å². The number of amides is 1. The van der Waals surface area contributed by atoms with Gasteiger partial charge in [0.05, 0.1) is 7.11 Å². The largest absolute Gasteiger partial charge is 0.450 e. The summed E-state index contributed by atoms with van der Waals surface area (Å²) in [6.45, 7) is 1.89. The van der Waals surface area contributed by atoms with E-state index in [0.29, 0.717) is 5.76 Å². The molecule has 0 unspecified atom stereocenters. The van der Waals surface area contributed by atoms with Crippen molar-refractivity contribution in [1.82, 2.24) is 5.06 Å². The Hall–Kier alpha value is -2.33. The Morgan fingerprint density at radius 1 is 1.15 bits per heavy atom. The third-order valence-corrected chi connectivity index (χ3v) is 3.58. The van der Waals surface area contributed by atoms with Crippen LogP contribution in [0.5, 0.6) is 0 Å². The smallest absolute Gasteiger partial charge is 0.313 e. The van der Waals surface area contributed by atoms with Crippen molar-refractivity contribution in [2.45, 2.75) is 6.92 Å². The van der Waals surface area contributed by atoms with Crippen LogP contribution in [0.15, 0.2) is 40.8 Å². The molecule has 0 saturated carbocycles. The van der Waals surface area contributed by atoms with Gasteiger partial charge in [-0.05, 0) is 12.3 Å². The van der Waals surface area contributed by atoms with Gasteiger partial charge < -0.3 is 4.42 Å². The molecule has 3 aromatic rings. The van der Waals surface area contributed by atoms with E-state index in [1.165, 1.54) is 7.11 Å². The van der Waals surface area contributed by atoms with Crippen molar-refractivity contribution in [2.75, 3.05) is 14.2 Å². The van der Waals surface area contributed by atoms with Gasteiger partial charge in [-0.25, -0.2) is 5.06 Å². The van der Waals surface area contributed by atoms with Gasteiger partial charge >= 0.3 is 5.91 Å². The number of hydroxylamine groups is 2. The predicted molar refractivity (Wildman–Crippen MR) is 77.6 cm³/mol. The van der Waals surface area contributed by atoms with Crippen LogP contribution in [0.4, 0.5) is 0 Å². The molecule has 4 nitrogen and oxygen atoms in total. The lowest BCUT2D eigenvalue weighted by atomic mass is 10.1. The lowest BCUT2D eigenvalue weighted by Crippen LogP contribution is -2.25. The van der Waals surface area contributed by atoms with Crippen LogP contribution in [0.25, 0.3) is 21.7 Å². The van der Waals surface area contributed by atoms with Crippen LogP contribution in [0.2, 0.25) is 0 Å². The number of carbonyl (C=O) groups excluding carboxylic acids is 1. The third-order valence-electron chi connectivity index (χ3n) is 3.58. The summed E-state index contributed by atoms with van der Waals surface area (Å²) in [6.07, 6.45) is 0. The van der Waals surface area contributed by atoms with Gasteiger partial charge in [0, 0.05) is 23.4 Å². The summed E-state index contributed by atoms with van der Waals surface area (Å²) in [5.41, 5.74) is 1.58. The lowest BCUT2D eigenvalue weighted by Gasteiger charge is -2.11. The van der Waals surface area contributed by atoms with Crippen LogP contribution in [0.1, 0.15) is 16.1 Å². The zero-order valence-corrected chi connectivity index (χ0v) is 11.6. The molecule has 0 N–H and O–H groups in total. The van der Waals surface area contributed by atoms with Gasteiger partial charge in [0.2, 0.25) is 0 Å². The summed E-state index contributed by atoms with van der Waals surface area (Å²) in [5, 5.41) is 4.21. The van der Waals surface area contributed by atoms with Crippen molar-refractivity contribution >= 4 is 27.6 Å². The maximum Gasteiger partial charge on any atom is 0.313 e. The lowest BCUT2D eigenvalue weighted by molar-refractivity contribution is -0.0773. The molecule has 0 bridgehead atoms. The first-order valence-corrected chi connectivity index (χ1v) is 6.36. The second-order valence-electron chi connectivity index (χ2n) is 4.70. The highest BCUT2D eigenvalue weighted by molar-refractivity contribution is 6.08. The molecule has 0 aliphatic carbocycles. The highest BCUT2D eigenvalue weighted by Crippen LogP contribution is 2.32. The van der Waals surface area contributed by atoms with E-state index < -0.39 is 0 Å². The molecule has 0 atom stereocenters. The maximum absolute atomic E-state index is 12.2. The molecule has 1 amide bonds. The maximum atomic E-state index is 12.2. The standard InChI is InChI=1S/C16H15NO3/c1-10-12-9-8-11-6-4-5-7-13(11)15(12)20-14(10)16(18)17(2)19-3/h4-9H,1-3H3. The van der Waals surface area contributed by atoms with Gasteiger partial charge in [0.15, 0.2) is 5.76 Å². The highest BCUT2D eigenvalue weighted by atomic mass is 16.7. The summed E-state index contributed by atoms with van der Waals surface area (Å²) >= 11 is 0. The van der Waals surface area contributed by atoms with Crippen LogP contribution in [-0.4, -0.2) is 25.1 Å².